The Labute approximate surface area is 148 Å². The predicted molar refractivity (Wildman–Crippen MR) is 88.7 cm³/mol. The quantitative estimate of drug-likeness (QED) is 0.658. The van der Waals surface area contributed by atoms with Crippen molar-refractivity contribution in [2.24, 2.45) is 0 Å². The van der Waals surface area contributed by atoms with E-state index in [1.165, 1.54) is 12.1 Å². The second-order valence-corrected chi connectivity index (χ2v) is 5.10. The molecule has 7 heteroatoms. The molecule has 0 saturated heterocycles. The number of nitrogens with one attached hydrogen (secondary N) is 1. The topological polar surface area (TPSA) is 55.4 Å². The van der Waals surface area contributed by atoms with E-state index in [-0.39, 0.29) is 24.5 Å². The molecule has 1 amide bonds. The first-order valence-corrected chi connectivity index (χ1v) is 7.50. The van der Waals surface area contributed by atoms with Crippen LogP contribution in [0.5, 0.6) is 5.75 Å². The summed E-state index contributed by atoms with van der Waals surface area (Å²) in [6.07, 6.45) is -3.81. The van der Waals surface area contributed by atoms with Crippen molar-refractivity contribution in [3.8, 4) is 17.6 Å². The number of carbonyl (C=O) groups excluding carboxylic acids is 2. The SMILES string of the molecule is O=Cc1ccccc1OCC(=O)NCC#Cc1cccc(C(F)(F)F)c1. The van der Waals surface area contributed by atoms with Gasteiger partial charge in [-0.15, -0.1) is 0 Å². The van der Waals surface area contributed by atoms with E-state index >= 15 is 0 Å². The highest BCUT2D eigenvalue weighted by Crippen LogP contribution is 2.29. The van der Waals surface area contributed by atoms with Crippen LogP contribution in [0.3, 0.4) is 0 Å². The van der Waals surface area contributed by atoms with E-state index in [1.807, 2.05) is 0 Å². The first kappa shape index (κ1) is 19.1. The van der Waals surface area contributed by atoms with Crippen LogP contribution >= 0.6 is 0 Å². The highest BCUT2D eigenvalue weighted by Gasteiger charge is 2.30. The molecular weight excluding hydrogens is 347 g/mol. The zero-order valence-electron chi connectivity index (χ0n) is 13.5. The van der Waals surface area contributed by atoms with Gasteiger partial charge in [0.25, 0.3) is 5.91 Å². The summed E-state index contributed by atoms with van der Waals surface area (Å²) in [6.45, 7) is -0.357. The van der Waals surface area contributed by atoms with E-state index in [2.05, 4.69) is 17.2 Å². The third kappa shape index (κ3) is 5.67. The normalized spacial score (nSPS) is 10.4. The third-order valence-electron chi connectivity index (χ3n) is 3.20. The zero-order chi connectivity index (χ0) is 19.0. The number of halogens is 3. The molecule has 0 bridgehead atoms. The van der Waals surface area contributed by atoms with Gasteiger partial charge in [-0.2, -0.15) is 13.2 Å². The summed E-state index contributed by atoms with van der Waals surface area (Å²) < 4.78 is 43.0. The number of carbonyl (C=O) groups is 2. The van der Waals surface area contributed by atoms with Crippen LogP contribution in [-0.2, 0) is 11.0 Å². The Kier molecular flexibility index (Phi) is 6.39. The summed E-state index contributed by atoms with van der Waals surface area (Å²) >= 11 is 0. The minimum atomic E-state index is -4.43. The van der Waals surface area contributed by atoms with Gasteiger partial charge in [0.1, 0.15) is 5.75 Å². The Morgan fingerprint density at radius 2 is 1.92 bits per heavy atom. The number of benzene rings is 2. The fourth-order valence-corrected chi connectivity index (χ4v) is 1.97. The molecule has 2 rings (SSSR count). The molecule has 0 heterocycles. The summed E-state index contributed by atoms with van der Waals surface area (Å²) in [5, 5.41) is 2.46. The summed E-state index contributed by atoms with van der Waals surface area (Å²) in [6, 6.07) is 11.1. The van der Waals surface area contributed by atoms with Crippen molar-refractivity contribution >= 4 is 12.2 Å². The van der Waals surface area contributed by atoms with Gasteiger partial charge in [0.2, 0.25) is 0 Å². The van der Waals surface area contributed by atoms with Gasteiger partial charge in [-0.05, 0) is 30.3 Å². The number of amides is 1. The van der Waals surface area contributed by atoms with Crippen molar-refractivity contribution in [3.05, 3.63) is 65.2 Å². The van der Waals surface area contributed by atoms with E-state index in [1.54, 1.807) is 24.3 Å². The molecule has 2 aromatic rings. The van der Waals surface area contributed by atoms with Gasteiger partial charge in [0, 0.05) is 5.56 Å². The van der Waals surface area contributed by atoms with Crippen LogP contribution in [0.4, 0.5) is 13.2 Å². The van der Waals surface area contributed by atoms with Crippen molar-refractivity contribution in [1.29, 1.82) is 0 Å². The molecule has 0 atom stereocenters. The summed E-state index contributed by atoms with van der Waals surface area (Å²) in [4.78, 5) is 22.5. The molecule has 4 nitrogen and oxygen atoms in total. The van der Waals surface area contributed by atoms with Crippen molar-refractivity contribution in [2.45, 2.75) is 6.18 Å². The summed E-state index contributed by atoms with van der Waals surface area (Å²) in [5.41, 5.74) is -0.259. The number of ether oxygens (including phenoxy) is 1. The van der Waals surface area contributed by atoms with Crippen LogP contribution < -0.4 is 10.1 Å². The van der Waals surface area contributed by atoms with Crippen molar-refractivity contribution < 1.29 is 27.5 Å². The maximum atomic E-state index is 12.6. The molecule has 134 valence electrons. The molecule has 0 spiro atoms. The van der Waals surface area contributed by atoms with Gasteiger partial charge in [-0.1, -0.05) is 30.0 Å². The zero-order valence-corrected chi connectivity index (χ0v) is 13.5. The Bertz CT molecular complexity index is 851. The lowest BCUT2D eigenvalue weighted by molar-refractivity contribution is -0.137. The molecule has 0 aliphatic heterocycles. The molecule has 1 N–H and O–H groups in total. The van der Waals surface area contributed by atoms with Gasteiger partial charge < -0.3 is 10.1 Å². The summed E-state index contributed by atoms with van der Waals surface area (Å²) in [5.74, 6) is 4.94. The molecule has 0 aromatic heterocycles. The van der Waals surface area contributed by atoms with Crippen LogP contribution in [0.1, 0.15) is 21.5 Å². The molecule has 0 aliphatic rings. The smallest absolute Gasteiger partial charge is 0.416 e. The average molecular weight is 361 g/mol. The van der Waals surface area contributed by atoms with Gasteiger partial charge in [0.05, 0.1) is 17.7 Å². The van der Waals surface area contributed by atoms with Crippen LogP contribution in [-0.4, -0.2) is 25.3 Å². The largest absolute Gasteiger partial charge is 0.483 e. The fraction of sp³-hybridized carbons (Fsp3) is 0.158. The third-order valence-corrected chi connectivity index (χ3v) is 3.20. The molecule has 26 heavy (non-hydrogen) atoms. The molecular formula is C19H14F3NO3. The number of hydrogen-bond acceptors (Lipinski definition) is 3. The Morgan fingerprint density at radius 3 is 2.65 bits per heavy atom. The van der Waals surface area contributed by atoms with Crippen molar-refractivity contribution in [3.63, 3.8) is 0 Å². The van der Waals surface area contributed by atoms with Gasteiger partial charge in [-0.25, -0.2) is 0 Å². The van der Waals surface area contributed by atoms with Crippen LogP contribution in [0.15, 0.2) is 48.5 Å². The number of rotatable bonds is 5. The minimum absolute atomic E-state index is 0.0479. The lowest BCUT2D eigenvalue weighted by Crippen LogP contribution is -2.29. The van der Waals surface area contributed by atoms with Gasteiger partial charge in [-0.3, -0.25) is 9.59 Å². The molecule has 0 saturated carbocycles. The Morgan fingerprint density at radius 1 is 1.15 bits per heavy atom. The van der Waals surface area contributed by atoms with Crippen LogP contribution in [0.25, 0.3) is 0 Å². The van der Waals surface area contributed by atoms with E-state index in [0.29, 0.717) is 11.8 Å². The van der Waals surface area contributed by atoms with Crippen molar-refractivity contribution in [2.75, 3.05) is 13.2 Å². The Hall–Kier alpha value is -3.27. The standard InChI is InChI=1S/C19H14F3NO3/c20-19(21,22)16-8-3-5-14(11-16)6-4-10-23-18(25)13-26-17-9-2-1-7-15(17)12-24/h1-3,5,7-9,11-12H,10,13H2,(H,23,25). The fourth-order valence-electron chi connectivity index (χ4n) is 1.97. The highest BCUT2D eigenvalue weighted by molar-refractivity contribution is 5.80. The lowest BCUT2D eigenvalue weighted by Gasteiger charge is -2.07. The monoisotopic (exact) mass is 361 g/mol. The van der Waals surface area contributed by atoms with Crippen molar-refractivity contribution in [1.82, 2.24) is 5.32 Å². The predicted octanol–water partition coefficient (Wildman–Crippen LogP) is 3.06. The lowest BCUT2D eigenvalue weighted by atomic mass is 10.1. The van der Waals surface area contributed by atoms with Gasteiger partial charge in [0.15, 0.2) is 12.9 Å². The number of para-hydroxylation sites is 1. The second kappa shape index (κ2) is 8.72. The van der Waals surface area contributed by atoms with E-state index in [0.717, 1.165) is 12.1 Å². The molecule has 0 fully saturated rings. The number of alkyl halides is 3. The van der Waals surface area contributed by atoms with E-state index < -0.39 is 17.6 Å². The maximum Gasteiger partial charge on any atom is 0.416 e. The van der Waals surface area contributed by atoms with Crippen LogP contribution in [0, 0.1) is 11.8 Å². The number of hydrogen-bond donors (Lipinski definition) is 1. The van der Waals surface area contributed by atoms with E-state index in [9.17, 15) is 22.8 Å². The summed E-state index contributed by atoms with van der Waals surface area (Å²) in [7, 11) is 0. The molecule has 0 aliphatic carbocycles. The first-order valence-electron chi connectivity index (χ1n) is 7.50. The van der Waals surface area contributed by atoms with E-state index in [4.69, 9.17) is 4.74 Å². The highest BCUT2D eigenvalue weighted by atomic mass is 19.4. The second-order valence-electron chi connectivity index (χ2n) is 5.10. The molecule has 2 aromatic carbocycles. The average Bonchev–Trinajstić information content (AvgIpc) is 2.63. The number of aldehydes is 1. The minimum Gasteiger partial charge on any atom is -0.483 e. The Balaban J connectivity index is 1.84. The first-order chi connectivity index (χ1) is 12.4. The molecule has 0 unspecified atom stereocenters. The molecule has 0 radical (unpaired) electrons. The maximum absolute atomic E-state index is 12.6. The van der Waals surface area contributed by atoms with Gasteiger partial charge >= 0.3 is 6.18 Å². The van der Waals surface area contributed by atoms with Crippen LogP contribution in [0.2, 0.25) is 0 Å².